The molecule has 2 aromatic heterocycles. The predicted octanol–water partition coefficient (Wildman–Crippen LogP) is 3.17. The molecular formula is C19H19FN4O. The van der Waals surface area contributed by atoms with E-state index in [1.54, 1.807) is 19.5 Å². The number of anilines is 2. The molecule has 0 unspecified atom stereocenters. The van der Waals surface area contributed by atoms with Gasteiger partial charge in [-0.25, -0.2) is 9.37 Å². The van der Waals surface area contributed by atoms with Gasteiger partial charge in [0.25, 0.3) is 0 Å². The third-order valence-corrected chi connectivity index (χ3v) is 3.90. The van der Waals surface area contributed by atoms with Crippen molar-refractivity contribution in [3.8, 4) is 11.8 Å². The van der Waals surface area contributed by atoms with Crippen LogP contribution in [0.15, 0.2) is 48.4 Å². The highest BCUT2D eigenvalue weighted by Crippen LogP contribution is 2.27. The summed E-state index contributed by atoms with van der Waals surface area (Å²) in [7, 11) is 1.58. The van der Waals surface area contributed by atoms with E-state index < -0.39 is 0 Å². The Bertz CT molecular complexity index is 815. The molecule has 0 aromatic carbocycles. The van der Waals surface area contributed by atoms with Gasteiger partial charge in [-0.1, -0.05) is 17.4 Å². The maximum atomic E-state index is 13.1. The van der Waals surface area contributed by atoms with Gasteiger partial charge < -0.3 is 4.90 Å². The first-order chi connectivity index (χ1) is 12.3. The van der Waals surface area contributed by atoms with Crippen molar-refractivity contribution in [3.05, 3.63) is 59.8 Å². The summed E-state index contributed by atoms with van der Waals surface area (Å²) < 4.78 is 13.1. The van der Waals surface area contributed by atoms with Gasteiger partial charge in [-0.05, 0) is 37.1 Å². The standard InChI is InChI=1S/C19H19FN4O/c1-25-23-18-6-3-9-22-19(18)24-10-7-15(8-11-24)4-2-5-16-12-17(20)14-21-13-16/h3-4,6,9,12-14,23H,7-8,10-11H2,1H3. The van der Waals surface area contributed by atoms with Gasteiger partial charge in [0, 0.05) is 31.0 Å². The minimum Gasteiger partial charge on any atom is -0.354 e. The molecule has 0 spiro atoms. The molecule has 1 N–H and O–H groups in total. The Morgan fingerprint density at radius 2 is 2.16 bits per heavy atom. The third-order valence-electron chi connectivity index (χ3n) is 3.90. The van der Waals surface area contributed by atoms with Gasteiger partial charge in [0.15, 0.2) is 5.82 Å². The Morgan fingerprint density at radius 1 is 1.32 bits per heavy atom. The molecule has 1 aliphatic heterocycles. The molecule has 0 radical (unpaired) electrons. The van der Waals surface area contributed by atoms with Crippen LogP contribution >= 0.6 is 0 Å². The highest BCUT2D eigenvalue weighted by atomic mass is 19.1. The van der Waals surface area contributed by atoms with E-state index in [1.165, 1.54) is 17.8 Å². The van der Waals surface area contributed by atoms with E-state index in [4.69, 9.17) is 4.84 Å². The van der Waals surface area contributed by atoms with E-state index in [0.717, 1.165) is 37.4 Å². The van der Waals surface area contributed by atoms with Crippen LogP contribution in [0, 0.1) is 17.7 Å². The zero-order valence-corrected chi connectivity index (χ0v) is 14.0. The number of aromatic nitrogens is 2. The zero-order chi connectivity index (χ0) is 17.5. The minimum absolute atomic E-state index is 0.372. The summed E-state index contributed by atoms with van der Waals surface area (Å²) in [6.45, 7) is 1.73. The minimum atomic E-state index is -0.372. The smallest absolute Gasteiger partial charge is 0.154 e. The van der Waals surface area contributed by atoms with Crippen molar-refractivity contribution in [2.75, 3.05) is 30.6 Å². The molecule has 2 aromatic rings. The molecule has 0 aliphatic carbocycles. The maximum Gasteiger partial charge on any atom is 0.154 e. The SMILES string of the molecule is CONc1cccnc1N1CCC(=CC#Cc2cncc(F)c2)CC1. The van der Waals surface area contributed by atoms with Crippen molar-refractivity contribution >= 4 is 11.5 Å². The van der Waals surface area contributed by atoms with Gasteiger partial charge in [0.05, 0.1) is 13.3 Å². The average Bonchev–Trinajstić information content (AvgIpc) is 2.63. The number of hydrogen-bond donors (Lipinski definition) is 1. The Hall–Kier alpha value is -2.91. The summed E-state index contributed by atoms with van der Waals surface area (Å²) in [4.78, 5) is 15.5. The molecule has 3 heterocycles. The van der Waals surface area contributed by atoms with Gasteiger partial charge in [-0.15, -0.1) is 0 Å². The number of nitrogens with one attached hydrogen (secondary N) is 1. The predicted molar refractivity (Wildman–Crippen MR) is 95.5 cm³/mol. The lowest BCUT2D eigenvalue weighted by Crippen LogP contribution is -2.31. The van der Waals surface area contributed by atoms with Crippen molar-refractivity contribution in [2.45, 2.75) is 12.8 Å². The molecule has 0 amide bonds. The molecule has 0 atom stereocenters. The van der Waals surface area contributed by atoms with E-state index in [9.17, 15) is 4.39 Å². The number of allylic oxidation sites excluding steroid dienone is 1. The molecule has 3 rings (SSSR count). The maximum absolute atomic E-state index is 13.1. The molecule has 1 aliphatic rings. The number of piperidine rings is 1. The van der Waals surface area contributed by atoms with Gasteiger partial charge in [0.2, 0.25) is 0 Å². The molecule has 25 heavy (non-hydrogen) atoms. The van der Waals surface area contributed by atoms with E-state index in [0.29, 0.717) is 5.56 Å². The number of hydrogen-bond acceptors (Lipinski definition) is 5. The summed E-state index contributed by atoms with van der Waals surface area (Å²) in [5.74, 6) is 6.44. The van der Waals surface area contributed by atoms with E-state index >= 15 is 0 Å². The second-order valence-electron chi connectivity index (χ2n) is 5.63. The van der Waals surface area contributed by atoms with Gasteiger partial charge >= 0.3 is 0 Å². The topological polar surface area (TPSA) is 50.3 Å². The summed E-state index contributed by atoms with van der Waals surface area (Å²) in [6, 6.07) is 5.19. The lowest BCUT2D eigenvalue weighted by Gasteiger charge is -2.30. The van der Waals surface area contributed by atoms with Gasteiger partial charge in [-0.2, -0.15) is 0 Å². The summed E-state index contributed by atoms with van der Waals surface area (Å²) >= 11 is 0. The van der Waals surface area contributed by atoms with Crippen molar-refractivity contribution in [2.24, 2.45) is 0 Å². The summed E-state index contributed by atoms with van der Waals surface area (Å²) in [6.07, 6.45) is 8.26. The highest BCUT2D eigenvalue weighted by molar-refractivity contribution is 5.64. The van der Waals surface area contributed by atoms with Crippen molar-refractivity contribution in [1.82, 2.24) is 9.97 Å². The van der Waals surface area contributed by atoms with Crippen molar-refractivity contribution in [3.63, 3.8) is 0 Å². The Balaban J connectivity index is 1.63. The number of pyridine rings is 2. The van der Waals surface area contributed by atoms with Crippen LogP contribution in [-0.4, -0.2) is 30.2 Å². The molecule has 1 fully saturated rings. The molecule has 1 saturated heterocycles. The molecule has 128 valence electrons. The number of rotatable bonds is 3. The van der Waals surface area contributed by atoms with Crippen LogP contribution in [0.3, 0.4) is 0 Å². The van der Waals surface area contributed by atoms with Crippen LogP contribution in [0.25, 0.3) is 0 Å². The fraction of sp³-hybridized carbons (Fsp3) is 0.263. The fourth-order valence-electron chi connectivity index (χ4n) is 2.69. The largest absolute Gasteiger partial charge is 0.354 e. The lowest BCUT2D eigenvalue weighted by molar-refractivity contribution is 0.271. The van der Waals surface area contributed by atoms with Crippen LogP contribution in [0.5, 0.6) is 0 Å². The third kappa shape index (κ3) is 4.55. The molecular weight excluding hydrogens is 319 g/mol. The second kappa shape index (κ2) is 8.27. The second-order valence-corrected chi connectivity index (χ2v) is 5.63. The number of nitrogens with zero attached hydrogens (tertiary/aromatic N) is 3. The van der Waals surface area contributed by atoms with Crippen LogP contribution in [0.2, 0.25) is 0 Å². The quantitative estimate of drug-likeness (QED) is 0.688. The molecule has 0 saturated carbocycles. The van der Waals surface area contributed by atoms with Crippen LogP contribution in [-0.2, 0) is 4.84 Å². The Kier molecular flexibility index (Phi) is 5.60. The highest BCUT2D eigenvalue weighted by Gasteiger charge is 2.17. The Morgan fingerprint density at radius 3 is 2.92 bits per heavy atom. The first-order valence-corrected chi connectivity index (χ1v) is 8.05. The Labute approximate surface area is 146 Å². The normalized spacial score (nSPS) is 13.8. The monoisotopic (exact) mass is 338 g/mol. The van der Waals surface area contributed by atoms with E-state index in [2.05, 4.69) is 32.2 Å². The zero-order valence-electron chi connectivity index (χ0n) is 14.0. The fourth-order valence-corrected chi connectivity index (χ4v) is 2.69. The van der Waals surface area contributed by atoms with Gasteiger partial charge in [0.1, 0.15) is 11.5 Å². The van der Waals surface area contributed by atoms with Crippen LogP contribution in [0.1, 0.15) is 18.4 Å². The van der Waals surface area contributed by atoms with E-state index in [-0.39, 0.29) is 5.82 Å². The first-order valence-electron chi connectivity index (χ1n) is 8.05. The van der Waals surface area contributed by atoms with Gasteiger partial charge in [-0.3, -0.25) is 15.3 Å². The lowest BCUT2D eigenvalue weighted by atomic mass is 10.0. The average molecular weight is 338 g/mol. The van der Waals surface area contributed by atoms with Crippen molar-refractivity contribution < 1.29 is 9.23 Å². The molecule has 6 heteroatoms. The van der Waals surface area contributed by atoms with E-state index in [1.807, 2.05) is 18.2 Å². The molecule has 0 bridgehead atoms. The first kappa shape index (κ1) is 16.9. The summed E-state index contributed by atoms with van der Waals surface area (Å²) in [5.41, 5.74) is 5.59. The number of halogens is 1. The van der Waals surface area contributed by atoms with Crippen LogP contribution < -0.4 is 10.4 Å². The van der Waals surface area contributed by atoms with Crippen LogP contribution in [0.4, 0.5) is 15.9 Å². The summed E-state index contributed by atoms with van der Waals surface area (Å²) in [5, 5.41) is 0. The van der Waals surface area contributed by atoms with Crippen molar-refractivity contribution in [1.29, 1.82) is 0 Å². The molecule has 5 nitrogen and oxygen atoms in total.